The van der Waals surface area contributed by atoms with E-state index in [4.69, 9.17) is 0 Å². The Labute approximate surface area is 169 Å². The van der Waals surface area contributed by atoms with Crippen molar-refractivity contribution < 1.29 is 19.2 Å². The van der Waals surface area contributed by atoms with Crippen molar-refractivity contribution in [3.63, 3.8) is 0 Å². The summed E-state index contributed by atoms with van der Waals surface area (Å²) in [6.45, 7) is 0. The van der Waals surface area contributed by atoms with E-state index in [1.807, 2.05) is 0 Å². The van der Waals surface area contributed by atoms with Crippen LogP contribution in [0.5, 0.6) is 0 Å². The molecule has 1 N–H and O–H groups in total. The SMILES string of the molecule is COC(=O)c1cccc(NC(=O)c2ccc(Sc3nncn3C)c([N+](=O)[O-])c2)c1. The molecule has 11 heteroatoms. The van der Waals surface area contributed by atoms with Crippen molar-refractivity contribution in [3.05, 3.63) is 70.0 Å². The Morgan fingerprint density at radius 3 is 2.66 bits per heavy atom. The lowest BCUT2D eigenvalue weighted by Crippen LogP contribution is -2.13. The van der Waals surface area contributed by atoms with Crippen molar-refractivity contribution in [3.8, 4) is 0 Å². The third kappa shape index (κ3) is 4.58. The van der Waals surface area contributed by atoms with Gasteiger partial charge in [0.15, 0.2) is 5.16 Å². The molecule has 0 unspecified atom stereocenters. The summed E-state index contributed by atoms with van der Waals surface area (Å²) in [5, 5.41) is 22.2. The van der Waals surface area contributed by atoms with E-state index in [9.17, 15) is 19.7 Å². The standard InChI is InChI=1S/C18H15N5O5S/c1-22-10-19-21-18(22)29-15-7-6-11(9-14(15)23(26)27)16(24)20-13-5-3-4-12(8-13)17(25)28-2/h3-10H,1-2H3,(H,20,24). The molecule has 0 saturated carbocycles. The van der Waals surface area contributed by atoms with E-state index >= 15 is 0 Å². The lowest BCUT2D eigenvalue weighted by Gasteiger charge is -2.08. The monoisotopic (exact) mass is 413 g/mol. The van der Waals surface area contributed by atoms with Crippen molar-refractivity contribution >= 4 is 35.0 Å². The van der Waals surface area contributed by atoms with Gasteiger partial charge in [-0.2, -0.15) is 0 Å². The highest BCUT2D eigenvalue weighted by Gasteiger charge is 2.20. The summed E-state index contributed by atoms with van der Waals surface area (Å²) < 4.78 is 6.28. The summed E-state index contributed by atoms with van der Waals surface area (Å²) in [5.41, 5.74) is 0.501. The number of hydrogen-bond acceptors (Lipinski definition) is 8. The molecule has 0 aliphatic carbocycles. The number of carbonyl (C=O) groups excluding carboxylic acids is 2. The maximum atomic E-state index is 12.5. The van der Waals surface area contributed by atoms with Crippen molar-refractivity contribution in [2.75, 3.05) is 12.4 Å². The van der Waals surface area contributed by atoms with Crippen LogP contribution in [0.3, 0.4) is 0 Å². The molecule has 0 fully saturated rings. The lowest BCUT2D eigenvalue weighted by molar-refractivity contribution is -0.387. The lowest BCUT2D eigenvalue weighted by atomic mass is 10.1. The molecule has 0 saturated heterocycles. The predicted molar refractivity (Wildman–Crippen MR) is 104 cm³/mol. The maximum Gasteiger partial charge on any atom is 0.337 e. The number of aromatic nitrogens is 3. The van der Waals surface area contributed by atoms with Crippen LogP contribution in [-0.4, -0.2) is 38.7 Å². The van der Waals surface area contributed by atoms with E-state index in [0.29, 0.717) is 15.7 Å². The molecule has 0 bridgehead atoms. The minimum absolute atomic E-state index is 0.0995. The number of aryl methyl sites for hydroxylation is 1. The zero-order valence-electron chi connectivity index (χ0n) is 15.4. The van der Waals surface area contributed by atoms with Gasteiger partial charge in [0.25, 0.3) is 11.6 Å². The highest BCUT2D eigenvalue weighted by atomic mass is 32.2. The van der Waals surface area contributed by atoms with E-state index < -0.39 is 16.8 Å². The molecule has 29 heavy (non-hydrogen) atoms. The van der Waals surface area contributed by atoms with Gasteiger partial charge in [-0.1, -0.05) is 6.07 Å². The zero-order valence-corrected chi connectivity index (χ0v) is 16.2. The molecule has 0 radical (unpaired) electrons. The molecular weight excluding hydrogens is 398 g/mol. The summed E-state index contributed by atoms with van der Waals surface area (Å²) in [6, 6.07) is 10.3. The van der Waals surface area contributed by atoms with Crippen LogP contribution >= 0.6 is 11.8 Å². The molecule has 3 rings (SSSR count). The minimum atomic E-state index is -0.562. The fourth-order valence-electron chi connectivity index (χ4n) is 2.40. The number of benzene rings is 2. The average Bonchev–Trinajstić information content (AvgIpc) is 3.12. The molecular formula is C18H15N5O5S. The summed E-state index contributed by atoms with van der Waals surface area (Å²) in [6.07, 6.45) is 1.48. The van der Waals surface area contributed by atoms with Crippen LogP contribution in [0.4, 0.5) is 11.4 Å². The number of ether oxygens (including phenoxy) is 1. The average molecular weight is 413 g/mol. The molecule has 1 aromatic heterocycles. The van der Waals surface area contributed by atoms with E-state index in [2.05, 4.69) is 20.3 Å². The van der Waals surface area contributed by atoms with E-state index in [1.54, 1.807) is 29.8 Å². The van der Waals surface area contributed by atoms with E-state index in [1.165, 1.54) is 37.7 Å². The largest absolute Gasteiger partial charge is 0.465 e. The summed E-state index contributed by atoms with van der Waals surface area (Å²) in [4.78, 5) is 35.4. The molecule has 2 aromatic carbocycles. The maximum absolute atomic E-state index is 12.5. The smallest absolute Gasteiger partial charge is 0.337 e. The van der Waals surface area contributed by atoms with Crippen molar-refractivity contribution in [1.82, 2.24) is 14.8 Å². The number of hydrogen-bond donors (Lipinski definition) is 1. The number of nitrogens with zero attached hydrogens (tertiary/aromatic N) is 4. The Hall–Kier alpha value is -3.73. The zero-order chi connectivity index (χ0) is 21.0. The number of nitro benzene ring substituents is 1. The highest BCUT2D eigenvalue weighted by Crippen LogP contribution is 2.34. The van der Waals surface area contributed by atoms with E-state index in [0.717, 1.165) is 11.8 Å². The molecule has 0 atom stereocenters. The molecule has 0 aliphatic heterocycles. The Morgan fingerprint density at radius 2 is 2.00 bits per heavy atom. The molecule has 0 aliphatic rings. The topological polar surface area (TPSA) is 129 Å². The number of nitrogens with one attached hydrogen (secondary N) is 1. The first kappa shape index (κ1) is 20.0. The molecule has 1 amide bonds. The quantitative estimate of drug-likeness (QED) is 0.371. The van der Waals surface area contributed by atoms with Gasteiger partial charge in [-0.25, -0.2) is 4.79 Å². The van der Waals surface area contributed by atoms with Crippen molar-refractivity contribution in [1.29, 1.82) is 0 Å². The summed E-state index contributed by atoms with van der Waals surface area (Å²) >= 11 is 1.07. The van der Waals surface area contributed by atoms with Gasteiger partial charge < -0.3 is 14.6 Å². The van der Waals surface area contributed by atoms with Gasteiger partial charge in [0.1, 0.15) is 6.33 Å². The molecule has 10 nitrogen and oxygen atoms in total. The van der Waals surface area contributed by atoms with Crippen LogP contribution in [0.1, 0.15) is 20.7 Å². The van der Waals surface area contributed by atoms with Gasteiger partial charge in [0.05, 0.1) is 22.5 Å². The Kier molecular flexibility index (Phi) is 5.88. The van der Waals surface area contributed by atoms with E-state index in [-0.39, 0.29) is 16.8 Å². The summed E-state index contributed by atoms with van der Waals surface area (Å²) in [7, 11) is 2.98. The van der Waals surface area contributed by atoms with Crippen molar-refractivity contribution in [2.45, 2.75) is 10.1 Å². The molecule has 1 heterocycles. The Morgan fingerprint density at radius 1 is 1.21 bits per heavy atom. The Balaban J connectivity index is 1.84. The third-order valence-corrected chi connectivity index (χ3v) is 4.95. The number of anilines is 1. The first-order chi connectivity index (χ1) is 13.9. The second-order valence-corrected chi connectivity index (χ2v) is 6.80. The number of nitro groups is 1. The first-order valence-corrected chi connectivity index (χ1v) is 9.00. The van der Waals surface area contributed by atoms with Crippen LogP contribution in [0.2, 0.25) is 0 Å². The second kappa shape index (κ2) is 8.52. The van der Waals surface area contributed by atoms with Crippen molar-refractivity contribution in [2.24, 2.45) is 7.05 Å². The highest BCUT2D eigenvalue weighted by molar-refractivity contribution is 7.99. The molecule has 0 spiro atoms. The fraction of sp³-hybridized carbons (Fsp3) is 0.111. The second-order valence-electron chi connectivity index (χ2n) is 5.79. The molecule has 3 aromatic rings. The van der Waals surface area contributed by atoms with Gasteiger partial charge in [0.2, 0.25) is 0 Å². The summed E-state index contributed by atoms with van der Waals surface area (Å²) in [5.74, 6) is -1.09. The van der Waals surface area contributed by atoms with Crippen LogP contribution in [0.25, 0.3) is 0 Å². The van der Waals surface area contributed by atoms with Gasteiger partial charge in [0, 0.05) is 24.4 Å². The number of amides is 1. The first-order valence-electron chi connectivity index (χ1n) is 8.19. The third-order valence-electron chi connectivity index (χ3n) is 3.83. The van der Waals surface area contributed by atoms with Crippen LogP contribution < -0.4 is 5.32 Å². The van der Waals surface area contributed by atoms with Crippen LogP contribution in [-0.2, 0) is 11.8 Å². The van der Waals surface area contributed by atoms with Gasteiger partial charge in [-0.3, -0.25) is 14.9 Å². The van der Waals surface area contributed by atoms with Crippen LogP contribution in [0.15, 0.2) is 58.8 Å². The number of esters is 1. The number of rotatable bonds is 6. The van der Waals surface area contributed by atoms with Gasteiger partial charge in [-0.05, 0) is 42.1 Å². The Bertz CT molecular complexity index is 1100. The van der Waals surface area contributed by atoms with Gasteiger partial charge in [-0.15, -0.1) is 10.2 Å². The van der Waals surface area contributed by atoms with Gasteiger partial charge >= 0.3 is 5.97 Å². The minimum Gasteiger partial charge on any atom is -0.465 e. The normalized spacial score (nSPS) is 10.4. The number of carbonyl (C=O) groups is 2. The number of methoxy groups -OCH3 is 1. The predicted octanol–water partition coefficient (Wildman–Crippen LogP) is 2.91. The molecule has 148 valence electrons. The fourth-order valence-corrected chi connectivity index (χ4v) is 3.25. The van der Waals surface area contributed by atoms with Crippen LogP contribution in [0, 0.1) is 10.1 Å².